The highest BCUT2D eigenvalue weighted by Gasteiger charge is 2.20. The fraction of sp³-hybridized carbons (Fsp3) is 0.316. The van der Waals surface area contributed by atoms with Crippen LogP contribution in [0.15, 0.2) is 42.5 Å². The Bertz CT molecular complexity index is 873. The van der Waals surface area contributed by atoms with E-state index in [1.54, 1.807) is 30.3 Å². The number of nitrogens with zero attached hydrogens (tertiary/aromatic N) is 1. The summed E-state index contributed by atoms with van der Waals surface area (Å²) in [5, 5.41) is 2.73. The van der Waals surface area contributed by atoms with Crippen molar-refractivity contribution in [2.75, 3.05) is 37.9 Å². The minimum Gasteiger partial charge on any atom is -0.496 e. The highest BCUT2D eigenvalue weighted by atomic mass is 32.2. The van der Waals surface area contributed by atoms with Crippen molar-refractivity contribution in [2.24, 2.45) is 0 Å². The van der Waals surface area contributed by atoms with Crippen LogP contribution in [0.2, 0.25) is 0 Å². The first-order valence-corrected chi connectivity index (χ1v) is 10.2. The van der Waals surface area contributed by atoms with Crippen molar-refractivity contribution >= 4 is 21.6 Å². The molecule has 0 aromatic heterocycles. The molecule has 1 amide bonds. The molecule has 8 heteroatoms. The average Bonchev–Trinajstić information content (AvgIpc) is 2.64. The zero-order valence-electron chi connectivity index (χ0n) is 15.9. The van der Waals surface area contributed by atoms with Gasteiger partial charge >= 0.3 is 0 Å². The molecular formula is C19H24N2O5S. The number of sulfonamides is 1. The largest absolute Gasteiger partial charge is 0.496 e. The van der Waals surface area contributed by atoms with E-state index >= 15 is 0 Å². The van der Waals surface area contributed by atoms with Gasteiger partial charge in [0.15, 0.2) is 0 Å². The van der Waals surface area contributed by atoms with Crippen LogP contribution in [0.25, 0.3) is 0 Å². The average molecular weight is 392 g/mol. The van der Waals surface area contributed by atoms with Gasteiger partial charge in [-0.25, -0.2) is 8.42 Å². The van der Waals surface area contributed by atoms with E-state index < -0.39 is 15.9 Å². The van der Waals surface area contributed by atoms with Gasteiger partial charge in [-0.2, -0.15) is 0 Å². The number of amides is 1. The van der Waals surface area contributed by atoms with Gasteiger partial charge < -0.3 is 14.8 Å². The number of nitrogens with one attached hydrogen (secondary N) is 1. The summed E-state index contributed by atoms with van der Waals surface area (Å²) in [5.74, 6) is 0.359. The van der Waals surface area contributed by atoms with E-state index in [1.165, 1.54) is 18.5 Å². The number of hydrogen-bond donors (Lipinski definition) is 1. The molecule has 146 valence electrons. The van der Waals surface area contributed by atoms with Crippen molar-refractivity contribution in [3.8, 4) is 11.5 Å². The van der Waals surface area contributed by atoms with Crippen LogP contribution in [0.5, 0.6) is 11.5 Å². The smallest absolute Gasteiger partial charge is 0.258 e. The zero-order valence-corrected chi connectivity index (χ0v) is 16.7. The van der Waals surface area contributed by atoms with Crippen molar-refractivity contribution < 1.29 is 22.7 Å². The lowest BCUT2D eigenvalue weighted by atomic mass is 10.1. The molecule has 0 saturated carbocycles. The third-order valence-electron chi connectivity index (χ3n) is 3.98. The van der Waals surface area contributed by atoms with E-state index in [9.17, 15) is 13.2 Å². The Morgan fingerprint density at radius 2 is 1.59 bits per heavy atom. The molecule has 7 nitrogen and oxygen atoms in total. The number of aryl methyl sites for hydroxylation is 1. The fourth-order valence-electron chi connectivity index (χ4n) is 2.63. The molecule has 2 rings (SSSR count). The molecule has 0 aliphatic rings. The first-order valence-electron chi connectivity index (χ1n) is 8.31. The summed E-state index contributed by atoms with van der Waals surface area (Å²) in [5.41, 5.74) is 1.85. The topological polar surface area (TPSA) is 84.9 Å². The second kappa shape index (κ2) is 8.77. The third-order valence-corrected chi connectivity index (χ3v) is 5.17. The van der Waals surface area contributed by atoms with E-state index in [1.807, 2.05) is 19.1 Å². The van der Waals surface area contributed by atoms with Crippen LogP contribution in [0, 0.1) is 6.92 Å². The Kier molecular flexibility index (Phi) is 6.68. The lowest BCUT2D eigenvalue weighted by molar-refractivity contribution is 0.0948. The van der Waals surface area contributed by atoms with Crippen LogP contribution < -0.4 is 19.1 Å². The zero-order chi connectivity index (χ0) is 20.0. The summed E-state index contributed by atoms with van der Waals surface area (Å²) >= 11 is 0. The summed E-state index contributed by atoms with van der Waals surface area (Å²) in [4.78, 5) is 12.6. The molecule has 0 saturated heterocycles. The van der Waals surface area contributed by atoms with Gasteiger partial charge in [0.05, 0.1) is 32.7 Å². The molecular weight excluding hydrogens is 368 g/mol. The standard InChI is InChI=1S/C19H24N2O5S/c1-14-8-10-15(11-9-14)21(27(4,23)24)13-12-20-19(22)18-16(25-2)6-5-7-17(18)26-3/h5-11H,12-13H2,1-4H3,(H,20,22). The summed E-state index contributed by atoms with van der Waals surface area (Å²) in [6.07, 6.45) is 1.14. The van der Waals surface area contributed by atoms with Crippen molar-refractivity contribution in [2.45, 2.75) is 6.92 Å². The number of carbonyl (C=O) groups is 1. The number of benzene rings is 2. The van der Waals surface area contributed by atoms with Crippen molar-refractivity contribution in [1.82, 2.24) is 5.32 Å². The van der Waals surface area contributed by atoms with Crippen LogP contribution in [0.3, 0.4) is 0 Å². The molecule has 0 fully saturated rings. The normalized spacial score (nSPS) is 11.0. The maximum Gasteiger partial charge on any atom is 0.258 e. The van der Waals surface area contributed by atoms with Gasteiger partial charge in [-0.3, -0.25) is 9.10 Å². The molecule has 0 aliphatic heterocycles. The molecule has 0 unspecified atom stereocenters. The molecule has 1 N–H and O–H groups in total. The first kappa shape index (κ1) is 20.6. The van der Waals surface area contributed by atoms with Gasteiger partial charge in [0.1, 0.15) is 17.1 Å². The quantitative estimate of drug-likeness (QED) is 0.745. The molecule has 2 aromatic carbocycles. The SMILES string of the molecule is COc1cccc(OC)c1C(=O)NCCN(c1ccc(C)cc1)S(C)(=O)=O. The summed E-state index contributed by atoms with van der Waals surface area (Å²) in [6.45, 7) is 2.15. The van der Waals surface area contributed by atoms with Crippen LogP contribution in [0.1, 0.15) is 15.9 Å². The molecule has 0 radical (unpaired) electrons. The lowest BCUT2D eigenvalue weighted by Crippen LogP contribution is -2.38. The second-order valence-electron chi connectivity index (χ2n) is 5.96. The van der Waals surface area contributed by atoms with Crippen LogP contribution in [-0.2, 0) is 10.0 Å². The number of hydrogen-bond acceptors (Lipinski definition) is 5. The Hall–Kier alpha value is -2.74. The van der Waals surface area contributed by atoms with E-state index in [0.29, 0.717) is 17.2 Å². The van der Waals surface area contributed by atoms with E-state index in [4.69, 9.17) is 9.47 Å². The fourth-order valence-corrected chi connectivity index (χ4v) is 3.56. The second-order valence-corrected chi connectivity index (χ2v) is 7.87. The molecule has 0 atom stereocenters. The minimum atomic E-state index is -3.49. The Labute approximate surface area is 160 Å². The number of anilines is 1. The molecule has 0 spiro atoms. The number of ether oxygens (including phenoxy) is 2. The molecule has 27 heavy (non-hydrogen) atoms. The lowest BCUT2D eigenvalue weighted by Gasteiger charge is -2.23. The van der Waals surface area contributed by atoms with E-state index in [0.717, 1.165) is 11.8 Å². The Morgan fingerprint density at radius 1 is 1.04 bits per heavy atom. The molecule has 2 aromatic rings. The van der Waals surface area contributed by atoms with Crippen molar-refractivity contribution in [1.29, 1.82) is 0 Å². The van der Waals surface area contributed by atoms with Crippen LogP contribution in [0.4, 0.5) is 5.69 Å². The summed E-state index contributed by atoms with van der Waals surface area (Å²) < 4.78 is 36.0. The van der Waals surface area contributed by atoms with Gasteiger partial charge in [0.2, 0.25) is 10.0 Å². The Balaban J connectivity index is 2.14. The van der Waals surface area contributed by atoms with Crippen LogP contribution in [-0.4, -0.2) is 47.9 Å². The molecule has 0 heterocycles. The number of carbonyl (C=O) groups excluding carboxylic acids is 1. The Morgan fingerprint density at radius 3 is 2.07 bits per heavy atom. The number of methoxy groups -OCH3 is 2. The van der Waals surface area contributed by atoms with Gasteiger partial charge in [0, 0.05) is 6.54 Å². The molecule has 0 bridgehead atoms. The number of rotatable bonds is 8. The maximum atomic E-state index is 12.6. The highest BCUT2D eigenvalue weighted by Crippen LogP contribution is 2.28. The van der Waals surface area contributed by atoms with E-state index in [2.05, 4.69) is 5.32 Å². The van der Waals surface area contributed by atoms with Gasteiger partial charge in [-0.15, -0.1) is 0 Å². The van der Waals surface area contributed by atoms with Gasteiger partial charge in [-0.05, 0) is 31.2 Å². The summed E-state index contributed by atoms with van der Waals surface area (Å²) in [7, 11) is -0.553. The third kappa shape index (κ3) is 5.13. The van der Waals surface area contributed by atoms with Crippen LogP contribution >= 0.6 is 0 Å². The van der Waals surface area contributed by atoms with Gasteiger partial charge in [-0.1, -0.05) is 23.8 Å². The minimum absolute atomic E-state index is 0.102. The predicted octanol–water partition coefficient (Wildman–Crippen LogP) is 2.21. The van der Waals surface area contributed by atoms with Crippen molar-refractivity contribution in [3.63, 3.8) is 0 Å². The van der Waals surface area contributed by atoms with Gasteiger partial charge in [0.25, 0.3) is 5.91 Å². The molecule has 0 aliphatic carbocycles. The monoisotopic (exact) mass is 392 g/mol. The highest BCUT2D eigenvalue weighted by molar-refractivity contribution is 7.92. The first-order chi connectivity index (χ1) is 12.8. The predicted molar refractivity (Wildman–Crippen MR) is 105 cm³/mol. The summed E-state index contributed by atoms with van der Waals surface area (Å²) in [6, 6.07) is 12.2. The van der Waals surface area contributed by atoms with E-state index in [-0.39, 0.29) is 18.7 Å². The van der Waals surface area contributed by atoms with Crippen molar-refractivity contribution in [3.05, 3.63) is 53.6 Å². The maximum absolute atomic E-state index is 12.6.